The van der Waals surface area contributed by atoms with Gasteiger partial charge >= 0.3 is 0 Å². The van der Waals surface area contributed by atoms with Crippen LogP contribution in [0.4, 0.5) is 0 Å². The first kappa shape index (κ1) is 16.5. The molecule has 1 saturated carbocycles. The molecule has 1 aliphatic carbocycles. The Morgan fingerprint density at radius 2 is 1.95 bits per heavy atom. The van der Waals surface area contributed by atoms with E-state index in [1.165, 1.54) is 31.4 Å². The standard InChI is InChI=1S/C17H32N4/c1-5-16(6-2)21-12-11-15(19-21)13-20(4)17-9-7-14(18-3)8-10-17/h11-12,14,16-18H,5-10,13H2,1-4H3. The molecule has 0 radical (unpaired) electrons. The Bertz CT molecular complexity index is 403. The normalized spacial score (nSPS) is 23.1. The monoisotopic (exact) mass is 292 g/mol. The zero-order valence-corrected chi connectivity index (χ0v) is 14.2. The van der Waals surface area contributed by atoms with E-state index in [1.807, 2.05) is 0 Å². The summed E-state index contributed by atoms with van der Waals surface area (Å²) in [5.74, 6) is 0. The molecule has 0 aliphatic heterocycles. The molecule has 0 aromatic carbocycles. The average molecular weight is 292 g/mol. The van der Waals surface area contributed by atoms with Crippen molar-refractivity contribution in [2.24, 2.45) is 0 Å². The molecule has 0 amide bonds. The molecule has 0 bridgehead atoms. The van der Waals surface area contributed by atoms with Crippen LogP contribution in [0.25, 0.3) is 0 Å². The molecule has 2 rings (SSSR count). The summed E-state index contributed by atoms with van der Waals surface area (Å²) in [5.41, 5.74) is 1.21. The molecule has 0 atom stereocenters. The molecule has 1 heterocycles. The summed E-state index contributed by atoms with van der Waals surface area (Å²) in [7, 11) is 4.33. The van der Waals surface area contributed by atoms with Crippen LogP contribution in [0.2, 0.25) is 0 Å². The van der Waals surface area contributed by atoms with Crippen molar-refractivity contribution in [1.82, 2.24) is 20.0 Å². The Balaban J connectivity index is 1.87. The van der Waals surface area contributed by atoms with E-state index in [0.29, 0.717) is 12.1 Å². The maximum Gasteiger partial charge on any atom is 0.0764 e. The minimum atomic E-state index is 0.551. The Morgan fingerprint density at radius 3 is 2.52 bits per heavy atom. The molecule has 4 heteroatoms. The molecular weight excluding hydrogens is 260 g/mol. The smallest absolute Gasteiger partial charge is 0.0764 e. The van der Waals surface area contributed by atoms with Gasteiger partial charge in [0.1, 0.15) is 0 Å². The van der Waals surface area contributed by atoms with Crippen LogP contribution < -0.4 is 5.32 Å². The maximum absolute atomic E-state index is 4.78. The molecular formula is C17H32N4. The lowest BCUT2D eigenvalue weighted by Crippen LogP contribution is -2.39. The first-order valence-electron chi connectivity index (χ1n) is 8.59. The van der Waals surface area contributed by atoms with Crippen molar-refractivity contribution < 1.29 is 0 Å². The van der Waals surface area contributed by atoms with Crippen LogP contribution in [0.5, 0.6) is 0 Å². The number of nitrogens with one attached hydrogen (secondary N) is 1. The van der Waals surface area contributed by atoms with Crippen LogP contribution in [0, 0.1) is 0 Å². The fourth-order valence-electron chi connectivity index (χ4n) is 3.52. The fraction of sp³-hybridized carbons (Fsp3) is 0.824. The van der Waals surface area contributed by atoms with E-state index < -0.39 is 0 Å². The minimum absolute atomic E-state index is 0.551. The predicted octanol–water partition coefficient (Wildman–Crippen LogP) is 3.21. The second-order valence-corrected chi connectivity index (χ2v) is 6.47. The van der Waals surface area contributed by atoms with Gasteiger partial charge in [0.2, 0.25) is 0 Å². The van der Waals surface area contributed by atoms with E-state index in [4.69, 9.17) is 5.10 Å². The molecule has 1 fully saturated rings. The summed E-state index contributed by atoms with van der Waals surface area (Å²) in [4.78, 5) is 2.49. The lowest BCUT2D eigenvalue weighted by atomic mass is 9.90. The second kappa shape index (κ2) is 7.95. The summed E-state index contributed by atoms with van der Waals surface area (Å²) in [5, 5.41) is 8.19. The highest BCUT2D eigenvalue weighted by Gasteiger charge is 2.23. The van der Waals surface area contributed by atoms with E-state index in [1.54, 1.807) is 0 Å². The fourth-order valence-corrected chi connectivity index (χ4v) is 3.52. The molecule has 1 aromatic rings. The minimum Gasteiger partial charge on any atom is -0.317 e. The van der Waals surface area contributed by atoms with E-state index in [-0.39, 0.29) is 0 Å². The van der Waals surface area contributed by atoms with Crippen molar-refractivity contribution in [2.75, 3.05) is 14.1 Å². The average Bonchev–Trinajstić information content (AvgIpc) is 2.97. The second-order valence-electron chi connectivity index (χ2n) is 6.47. The van der Waals surface area contributed by atoms with Gasteiger partial charge in [0, 0.05) is 24.8 Å². The van der Waals surface area contributed by atoms with Crippen molar-refractivity contribution in [3.63, 3.8) is 0 Å². The highest BCUT2D eigenvalue weighted by molar-refractivity contribution is 5.00. The molecule has 1 N–H and O–H groups in total. The Labute approximate surface area is 129 Å². The molecule has 4 nitrogen and oxygen atoms in total. The Hall–Kier alpha value is -0.870. The van der Waals surface area contributed by atoms with Gasteiger partial charge in [-0.1, -0.05) is 13.8 Å². The summed E-state index contributed by atoms with van der Waals surface area (Å²) in [6, 6.07) is 4.18. The van der Waals surface area contributed by atoms with Gasteiger partial charge < -0.3 is 5.32 Å². The van der Waals surface area contributed by atoms with E-state index in [0.717, 1.165) is 25.4 Å². The zero-order chi connectivity index (χ0) is 15.2. The van der Waals surface area contributed by atoms with Gasteiger partial charge in [0.25, 0.3) is 0 Å². The number of nitrogens with zero attached hydrogens (tertiary/aromatic N) is 3. The molecule has 1 aliphatic rings. The molecule has 0 spiro atoms. The first-order valence-corrected chi connectivity index (χ1v) is 8.59. The third-order valence-electron chi connectivity index (χ3n) is 5.12. The van der Waals surface area contributed by atoms with Crippen LogP contribution in [-0.4, -0.2) is 40.9 Å². The highest BCUT2D eigenvalue weighted by Crippen LogP contribution is 2.23. The number of aromatic nitrogens is 2. The van der Waals surface area contributed by atoms with Gasteiger partial charge in [0.15, 0.2) is 0 Å². The van der Waals surface area contributed by atoms with E-state index in [2.05, 4.69) is 55.1 Å². The van der Waals surface area contributed by atoms with Gasteiger partial charge in [-0.3, -0.25) is 9.58 Å². The van der Waals surface area contributed by atoms with Crippen LogP contribution in [0.1, 0.15) is 64.1 Å². The van der Waals surface area contributed by atoms with Crippen molar-refractivity contribution in [3.8, 4) is 0 Å². The van der Waals surface area contributed by atoms with Crippen LogP contribution in [-0.2, 0) is 6.54 Å². The summed E-state index contributed by atoms with van der Waals surface area (Å²) >= 11 is 0. The van der Waals surface area contributed by atoms with E-state index >= 15 is 0 Å². The molecule has 21 heavy (non-hydrogen) atoms. The van der Waals surface area contributed by atoms with E-state index in [9.17, 15) is 0 Å². The van der Waals surface area contributed by atoms with Gasteiger partial charge in [-0.05, 0) is 58.7 Å². The van der Waals surface area contributed by atoms with Crippen molar-refractivity contribution in [3.05, 3.63) is 18.0 Å². The van der Waals surface area contributed by atoms with Gasteiger partial charge in [-0.15, -0.1) is 0 Å². The zero-order valence-electron chi connectivity index (χ0n) is 14.2. The third kappa shape index (κ3) is 4.30. The Kier molecular flexibility index (Phi) is 6.24. The third-order valence-corrected chi connectivity index (χ3v) is 5.12. The summed E-state index contributed by atoms with van der Waals surface area (Å²) < 4.78 is 2.15. The van der Waals surface area contributed by atoms with Crippen LogP contribution in [0.3, 0.4) is 0 Å². The van der Waals surface area contributed by atoms with Crippen molar-refractivity contribution in [2.45, 2.75) is 77.0 Å². The SMILES string of the molecule is CCC(CC)n1ccc(CN(C)C2CCC(NC)CC2)n1. The highest BCUT2D eigenvalue weighted by atomic mass is 15.3. The number of hydrogen-bond acceptors (Lipinski definition) is 3. The molecule has 0 saturated heterocycles. The topological polar surface area (TPSA) is 33.1 Å². The Morgan fingerprint density at radius 1 is 1.29 bits per heavy atom. The van der Waals surface area contributed by atoms with Gasteiger partial charge in [-0.2, -0.15) is 5.10 Å². The number of hydrogen-bond donors (Lipinski definition) is 1. The van der Waals surface area contributed by atoms with Crippen molar-refractivity contribution >= 4 is 0 Å². The maximum atomic E-state index is 4.78. The summed E-state index contributed by atoms with van der Waals surface area (Å²) in [6.07, 6.45) is 9.66. The molecule has 1 aromatic heterocycles. The van der Waals surface area contributed by atoms with Crippen molar-refractivity contribution in [1.29, 1.82) is 0 Å². The lowest BCUT2D eigenvalue weighted by Gasteiger charge is -2.34. The summed E-state index contributed by atoms with van der Waals surface area (Å²) in [6.45, 7) is 5.45. The van der Waals surface area contributed by atoms with Gasteiger partial charge in [0.05, 0.1) is 11.7 Å². The molecule has 120 valence electrons. The predicted molar refractivity (Wildman–Crippen MR) is 88.4 cm³/mol. The quantitative estimate of drug-likeness (QED) is 0.838. The first-order chi connectivity index (χ1) is 10.2. The van der Waals surface area contributed by atoms with Gasteiger partial charge in [-0.25, -0.2) is 0 Å². The largest absolute Gasteiger partial charge is 0.317 e. The molecule has 0 unspecified atom stereocenters. The lowest BCUT2D eigenvalue weighted by molar-refractivity contribution is 0.168. The van der Waals surface area contributed by atoms with Crippen LogP contribution in [0.15, 0.2) is 12.3 Å². The number of rotatable bonds is 7. The van der Waals surface area contributed by atoms with Crippen LogP contribution >= 0.6 is 0 Å².